The minimum absolute atomic E-state index is 0.0523. The van der Waals surface area contributed by atoms with Gasteiger partial charge in [0.05, 0.1) is 0 Å². The van der Waals surface area contributed by atoms with E-state index in [-0.39, 0.29) is 18.5 Å². The molecule has 1 N–H and O–H groups in total. The smallest absolute Gasteiger partial charge is 0.325 e. The Hall–Kier alpha value is -3.60. The van der Waals surface area contributed by atoms with Crippen LogP contribution in [0.15, 0.2) is 66.7 Å². The zero-order valence-electron chi connectivity index (χ0n) is 18.5. The van der Waals surface area contributed by atoms with E-state index in [1.165, 1.54) is 27.8 Å². The zero-order valence-corrected chi connectivity index (χ0v) is 18.5. The van der Waals surface area contributed by atoms with Gasteiger partial charge in [0.1, 0.15) is 6.54 Å². The second-order valence-corrected chi connectivity index (χ2v) is 8.86. The van der Waals surface area contributed by atoms with Crippen LogP contribution in [-0.4, -0.2) is 36.5 Å². The summed E-state index contributed by atoms with van der Waals surface area (Å²) in [7, 11) is 0. The average molecular weight is 426 g/mol. The Morgan fingerprint density at radius 3 is 2.47 bits per heavy atom. The molecule has 0 aromatic heterocycles. The molecule has 1 saturated heterocycles. The number of carbonyl (C=O) groups excluding carboxylic acids is 2. The average Bonchev–Trinajstić information content (AvgIpc) is 3.33. The number of benzene rings is 3. The highest BCUT2D eigenvalue weighted by Crippen LogP contribution is 2.37. The van der Waals surface area contributed by atoms with Gasteiger partial charge in [-0.3, -0.25) is 9.69 Å². The molecule has 0 saturated carbocycles. The number of carbonyl (C=O) groups is 2. The number of anilines is 2. The van der Waals surface area contributed by atoms with E-state index in [2.05, 4.69) is 61.6 Å². The van der Waals surface area contributed by atoms with Crippen LogP contribution in [0.25, 0.3) is 11.1 Å². The molecule has 3 amide bonds. The van der Waals surface area contributed by atoms with E-state index >= 15 is 0 Å². The minimum Gasteiger partial charge on any atom is -0.325 e. The molecular formula is C27H27N3O2. The summed E-state index contributed by atoms with van der Waals surface area (Å²) in [5.41, 5.74) is 7.92. The fourth-order valence-corrected chi connectivity index (χ4v) is 4.60. The monoisotopic (exact) mass is 425 g/mol. The topological polar surface area (TPSA) is 52.6 Å². The highest BCUT2D eigenvalue weighted by molar-refractivity contribution is 5.99. The molecular weight excluding hydrogens is 398 g/mol. The molecule has 1 aliphatic heterocycles. The number of amides is 3. The summed E-state index contributed by atoms with van der Waals surface area (Å²) < 4.78 is 0. The molecule has 1 fully saturated rings. The van der Waals surface area contributed by atoms with Crippen molar-refractivity contribution in [2.75, 3.05) is 29.9 Å². The Morgan fingerprint density at radius 2 is 1.69 bits per heavy atom. The van der Waals surface area contributed by atoms with E-state index in [9.17, 15) is 9.59 Å². The summed E-state index contributed by atoms with van der Waals surface area (Å²) in [6, 6.07) is 22.4. The lowest BCUT2D eigenvalue weighted by Gasteiger charge is -2.19. The van der Waals surface area contributed by atoms with Crippen LogP contribution in [0.2, 0.25) is 0 Å². The van der Waals surface area contributed by atoms with Crippen LogP contribution in [0.4, 0.5) is 16.2 Å². The number of urea groups is 1. The Kier molecular flexibility index (Phi) is 5.17. The number of nitrogens with one attached hydrogen (secondary N) is 1. The first-order valence-corrected chi connectivity index (χ1v) is 11.2. The largest absolute Gasteiger partial charge is 0.325 e. The van der Waals surface area contributed by atoms with Crippen molar-refractivity contribution < 1.29 is 9.59 Å². The van der Waals surface area contributed by atoms with Crippen LogP contribution >= 0.6 is 0 Å². The molecule has 1 aliphatic carbocycles. The van der Waals surface area contributed by atoms with Gasteiger partial charge in [0.2, 0.25) is 5.91 Å². The fraction of sp³-hybridized carbons (Fsp3) is 0.259. The van der Waals surface area contributed by atoms with E-state index in [1.807, 2.05) is 24.3 Å². The predicted molar refractivity (Wildman–Crippen MR) is 128 cm³/mol. The van der Waals surface area contributed by atoms with Crippen molar-refractivity contribution >= 4 is 23.3 Å². The molecule has 2 aliphatic rings. The minimum atomic E-state index is -0.175. The normalized spacial score (nSPS) is 14.7. The van der Waals surface area contributed by atoms with E-state index in [4.69, 9.17) is 0 Å². The molecule has 3 aromatic carbocycles. The van der Waals surface area contributed by atoms with Crippen LogP contribution in [0.5, 0.6) is 0 Å². The molecule has 0 radical (unpaired) electrons. The zero-order chi connectivity index (χ0) is 22.2. The Balaban J connectivity index is 1.22. The van der Waals surface area contributed by atoms with Gasteiger partial charge in [-0.25, -0.2) is 4.79 Å². The fourth-order valence-electron chi connectivity index (χ4n) is 4.60. The highest BCUT2D eigenvalue weighted by Gasteiger charge is 2.31. The van der Waals surface area contributed by atoms with E-state index in [1.54, 1.807) is 9.80 Å². The Labute approximate surface area is 188 Å². The predicted octanol–water partition coefficient (Wildman–Crippen LogP) is 5.26. The molecule has 1 heterocycles. The van der Waals surface area contributed by atoms with Gasteiger partial charge in [-0.1, -0.05) is 56.3 Å². The third-order valence-corrected chi connectivity index (χ3v) is 6.38. The van der Waals surface area contributed by atoms with Gasteiger partial charge >= 0.3 is 6.03 Å². The van der Waals surface area contributed by atoms with Gasteiger partial charge < -0.3 is 10.2 Å². The number of nitrogens with zero attached hydrogens (tertiary/aromatic N) is 2. The van der Waals surface area contributed by atoms with Crippen LogP contribution < -0.4 is 10.2 Å². The standard InChI is InChI=1S/C27H27N3O2/c1-18(2)19-7-10-23(11-8-19)30-14-13-29(27(30)32)17-26(31)28-22-9-12-25-21(16-22)15-20-5-3-4-6-24(20)25/h3-12,16,18H,13-15,17H2,1-2H3,(H,28,31). The van der Waals surface area contributed by atoms with Gasteiger partial charge in [-0.2, -0.15) is 0 Å². The Bertz CT molecular complexity index is 1180. The van der Waals surface area contributed by atoms with Crippen molar-refractivity contribution in [1.82, 2.24) is 4.90 Å². The summed E-state index contributed by atoms with van der Waals surface area (Å²) in [4.78, 5) is 28.9. The second kappa shape index (κ2) is 8.15. The number of fused-ring (bicyclic) bond motifs is 3. The van der Waals surface area contributed by atoms with E-state index in [0.29, 0.717) is 19.0 Å². The van der Waals surface area contributed by atoms with Gasteiger partial charge in [0.25, 0.3) is 0 Å². The molecule has 5 rings (SSSR count). The molecule has 0 unspecified atom stereocenters. The molecule has 0 bridgehead atoms. The van der Waals surface area contributed by atoms with Gasteiger partial charge in [-0.05, 0) is 64.4 Å². The first-order chi connectivity index (χ1) is 15.5. The van der Waals surface area contributed by atoms with E-state index in [0.717, 1.165) is 17.8 Å². The van der Waals surface area contributed by atoms with Gasteiger partial charge in [-0.15, -0.1) is 0 Å². The maximum atomic E-state index is 12.9. The lowest BCUT2D eigenvalue weighted by molar-refractivity contribution is -0.116. The molecule has 5 nitrogen and oxygen atoms in total. The van der Waals surface area contributed by atoms with Gasteiger partial charge in [0, 0.05) is 24.5 Å². The summed E-state index contributed by atoms with van der Waals surface area (Å²) in [5, 5.41) is 2.97. The number of hydrogen-bond donors (Lipinski definition) is 1. The van der Waals surface area contributed by atoms with Crippen molar-refractivity contribution in [2.24, 2.45) is 0 Å². The third-order valence-electron chi connectivity index (χ3n) is 6.38. The maximum Gasteiger partial charge on any atom is 0.325 e. The lowest BCUT2D eigenvalue weighted by Crippen LogP contribution is -2.37. The molecule has 5 heteroatoms. The quantitative estimate of drug-likeness (QED) is 0.474. The van der Waals surface area contributed by atoms with Crippen LogP contribution in [0.3, 0.4) is 0 Å². The first kappa shape index (κ1) is 20.3. The Morgan fingerprint density at radius 1 is 0.938 bits per heavy atom. The van der Waals surface area contributed by atoms with E-state index < -0.39 is 0 Å². The summed E-state index contributed by atoms with van der Waals surface area (Å²) in [6.07, 6.45) is 0.879. The summed E-state index contributed by atoms with van der Waals surface area (Å²) in [5.74, 6) is 0.276. The SMILES string of the molecule is CC(C)c1ccc(N2CCN(CC(=O)Nc3ccc4c(c3)Cc3ccccc3-4)C2=O)cc1. The molecule has 0 spiro atoms. The third kappa shape index (κ3) is 3.75. The van der Waals surface area contributed by atoms with Gasteiger partial charge in [0.15, 0.2) is 0 Å². The number of hydrogen-bond acceptors (Lipinski definition) is 2. The van der Waals surface area contributed by atoms with Crippen molar-refractivity contribution in [1.29, 1.82) is 0 Å². The first-order valence-electron chi connectivity index (χ1n) is 11.2. The van der Waals surface area contributed by atoms with Crippen molar-refractivity contribution in [3.8, 4) is 11.1 Å². The van der Waals surface area contributed by atoms with Crippen LogP contribution in [-0.2, 0) is 11.2 Å². The highest BCUT2D eigenvalue weighted by atomic mass is 16.2. The second-order valence-electron chi connectivity index (χ2n) is 8.86. The molecule has 32 heavy (non-hydrogen) atoms. The lowest BCUT2D eigenvalue weighted by atomic mass is 10.0. The van der Waals surface area contributed by atoms with Crippen LogP contribution in [0.1, 0.15) is 36.5 Å². The molecule has 162 valence electrons. The van der Waals surface area contributed by atoms with Crippen molar-refractivity contribution in [2.45, 2.75) is 26.2 Å². The van der Waals surface area contributed by atoms with Crippen molar-refractivity contribution in [3.05, 3.63) is 83.4 Å². The van der Waals surface area contributed by atoms with Crippen molar-refractivity contribution in [3.63, 3.8) is 0 Å². The molecule has 3 aromatic rings. The summed E-state index contributed by atoms with van der Waals surface area (Å²) >= 11 is 0. The maximum absolute atomic E-state index is 12.9. The van der Waals surface area contributed by atoms with Crippen LogP contribution in [0, 0.1) is 0 Å². The number of rotatable bonds is 5. The molecule has 0 atom stereocenters. The summed E-state index contributed by atoms with van der Waals surface area (Å²) in [6.45, 7) is 5.48.